The molecule has 0 radical (unpaired) electrons. The highest BCUT2D eigenvalue weighted by Crippen LogP contribution is 2.10. The monoisotopic (exact) mass is 221 g/mol. The highest BCUT2D eigenvalue weighted by molar-refractivity contribution is 6.07. The van der Waals surface area contributed by atoms with Gasteiger partial charge in [-0.25, -0.2) is 9.78 Å². The van der Waals surface area contributed by atoms with Crippen molar-refractivity contribution in [3.63, 3.8) is 0 Å². The van der Waals surface area contributed by atoms with Crippen molar-refractivity contribution in [3.05, 3.63) is 18.6 Å². The van der Waals surface area contributed by atoms with E-state index < -0.39 is 11.6 Å². The molecule has 16 heavy (non-hydrogen) atoms. The molecule has 1 fully saturated rings. The van der Waals surface area contributed by atoms with Gasteiger partial charge in [0.2, 0.25) is 0 Å². The number of amides is 3. The molecule has 3 amide bonds. The van der Waals surface area contributed by atoms with Crippen LogP contribution < -0.4 is 16.0 Å². The Labute approximate surface area is 91.7 Å². The van der Waals surface area contributed by atoms with Gasteiger partial charge < -0.3 is 10.6 Å². The van der Waals surface area contributed by atoms with Crippen molar-refractivity contribution in [1.29, 1.82) is 0 Å². The first-order valence-electron chi connectivity index (χ1n) is 4.74. The zero-order chi connectivity index (χ0) is 11.6. The van der Waals surface area contributed by atoms with Crippen molar-refractivity contribution in [2.45, 2.75) is 12.5 Å². The molecular formula is C9H11N5O2. The van der Waals surface area contributed by atoms with E-state index in [1.54, 1.807) is 13.1 Å². The van der Waals surface area contributed by atoms with Gasteiger partial charge in [-0.1, -0.05) is 0 Å². The van der Waals surface area contributed by atoms with Crippen LogP contribution in [0.3, 0.4) is 0 Å². The number of carbonyl (C=O) groups excluding carboxylic acids is 2. The maximum absolute atomic E-state index is 11.5. The summed E-state index contributed by atoms with van der Waals surface area (Å²) in [6.45, 7) is 1.89. The van der Waals surface area contributed by atoms with Gasteiger partial charge in [-0.3, -0.25) is 15.1 Å². The second kappa shape index (κ2) is 3.76. The molecule has 1 aromatic heterocycles. The van der Waals surface area contributed by atoms with Crippen LogP contribution in [0, 0.1) is 0 Å². The summed E-state index contributed by atoms with van der Waals surface area (Å²) < 4.78 is 0. The fourth-order valence-electron chi connectivity index (χ4n) is 1.36. The lowest BCUT2D eigenvalue weighted by Crippen LogP contribution is -2.49. The Morgan fingerprint density at radius 1 is 1.44 bits per heavy atom. The van der Waals surface area contributed by atoms with E-state index in [2.05, 4.69) is 25.9 Å². The number of nitrogens with zero attached hydrogens (tertiary/aromatic N) is 2. The summed E-state index contributed by atoms with van der Waals surface area (Å²) in [4.78, 5) is 30.3. The summed E-state index contributed by atoms with van der Waals surface area (Å²) in [5.74, 6) is 0.201. The van der Waals surface area contributed by atoms with E-state index in [9.17, 15) is 9.59 Å². The summed E-state index contributed by atoms with van der Waals surface area (Å²) in [6, 6.07) is -0.478. The zero-order valence-electron chi connectivity index (χ0n) is 8.65. The lowest BCUT2D eigenvalue weighted by molar-refractivity contribution is -0.122. The van der Waals surface area contributed by atoms with E-state index in [1.165, 1.54) is 12.4 Å². The first-order chi connectivity index (χ1) is 7.60. The molecule has 1 unspecified atom stereocenters. The summed E-state index contributed by atoms with van der Waals surface area (Å²) in [7, 11) is 0. The van der Waals surface area contributed by atoms with Crippen LogP contribution in [-0.2, 0) is 4.79 Å². The third kappa shape index (κ3) is 1.92. The van der Waals surface area contributed by atoms with Gasteiger partial charge in [0.05, 0.1) is 6.20 Å². The van der Waals surface area contributed by atoms with E-state index in [4.69, 9.17) is 0 Å². The quantitative estimate of drug-likeness (QED) is 0.597. The van der Waals surface area contributed by atoms with E-state index in [-0.39, 0.29) is 12.5 Å². The van der Waals surface area contributed by atoms with Crippen LogP contribution in [-0.4, -0.2) is 34.0 Å². The predicted molar refractivity (Wildman–Crippen MR) is 55.6 cm³/mol. The maximum atomic E-state index is 11.5. The summed E-state index contributed by atoms with van der Waals surface area (Å²) in [5.41, 5.74) is -0.950. The fraction of sp³-hybridized carbons (Fsp3) is 0.333. The lowest BCUT2D eigenvalue weighted by Gasteiger charge is -2.20. The normalized spacial score (nSPS) is 23.8. The lowest BCUT2D eigenvalue weighted by atomic mass is 10.0. The smallest absolute Gasteiger partial charge is 0.322 e. The van der Waals surface area contributed by atoms with Gasteiger partial charge >= 0.3 is 6.03 Å². The first-order valence-corrected chi connectivity index (χ1v) is 4.74. The van der Waals surface area contributed by atoms with Crippen LogP contribution in [0.15, 0.2) is 18.6 Å². The van der Waals surface area contributed by atoms with Crippen molar-refractivity contribution < 1.29 is 9.59 Å². The number of aromatic nitrogens is 2. The Morgan fingerprint density at radius 3 is 2.81 bits per heavy atom. The Kier molecular flexibility index (Phi) is 2.43. The number of urea groups is 1. The highest BCUT2D eigenvalue weighted by atomic mass is 16.2. The molecular weight excluding hydrogens is 210 g/mol. The predicted octanol–water partition coefficient (Wildman–Crippen LogP) is -0.513. The summed E-state index contributed by atoms with van der Waals surface area (Å²) in [6.07, 6.45) is 4.63. The molecule has 0 saturated carbocycles. The second-order valence-corrected chi connectivity index (χ2v) is 3.68. The minimum Gasteiger partial charge on any atom is -0.366 e. The van der Waals surface area contributed by atoms with E-state index in [0.29, 0.717) is 5.82 Å². The van der Waals surface area contributed by atoms with Crippen LogP contribution in [0.2, 0.25) is 0 Å². The zero-order valence-corrected chi connectivity index (χ0v) is 8.65. The van der Waals surface area contributed by atoms with Gasteiger partial charge in [0.1, 0.15) is 11.4 Å². The average Bonchev–Trinajstić information content (AvgIpc) is 2.52. The van der Waals surface area contributed by atoms with Crippen molar-refractivity contribution in [3.8, 4) is 0 Å². The minimum absolute atomic E-state index is 0.253. The number of imide groups is 1. The molecule has 3 N–H and O–H groups in total. The molecule has 0 aliphatic carbocycles. The van der Waals surface area contributed by atoms with Crippen LogP contribution in [0.1, 0.15) is 6.92 Å². The number of anilines is 1. The number of nitrogens with one attached hydrogen (secondary N) is 3. The summed E-state index contributed by atoms with van der Waals surface area (Å²) >= 11 is 0. The molecule has 1 aromatic rings. The van der Waals surface area contributed by atoms with Crippen LogP contribution >= 0.6 is 0 Å². The van der Waals surface area contributed by atoms with Gasteiger partial charge in [-0.05, 0) is 6.92 Å². The molecule has 2 rings (SSSR count). The molecule has 84 valence electrons. The van der Waals surface area contributed by atoms with Gasteiger partial charge in [0.25, 0.3) is 5.91 Å². The minimum atomic E-state index is -0.950. The molecule has 1 saturated heterocycles. The molecule has 1 atom stereocenters. The number of carbonyl (C=O) groups is 2. The Bertz CT molecular complexity index is 421. The van der Waals surface area contributed by atoms with E-state index >= 15 is 0 Å². The average molecular weight is 221 g/mol. The fourth-order valence-corrected chi connectivity index (χ4v) is 1.36. The second-order valence-electron chi connectivity index (χ2n) is 3.68. The third-order valence-electron chi connectivity index (χ3n) is 2.30. The molecule has 0 bridgehead atoms. The van der Waals surface area contributed by atoms with Crippen molar-refractivity contribution >= 4 is 17.8 Å². The number of hydrogen-bond donors (Lipinski definition) is 3. The molecule has 0 aromatic carbocycles. The molecule has 2 heterocycles. The van der Waals surface area contributed by atoms with E-state index in [1.807, 2.05) is 0 Å². The van der Waals surface area contributed by atoms with Crippen molar-refractivity contribution in [2.75, 3.05) is 11.9 Å². The van der Waals surface area contributed by atoms with Gasteiger partial charge in [-0.2, -0.15) is 0 Å². The molecule has 7 heteroatoms. The molecule has 0 spiro atoms. The standard InChI is InChI=1S/C9H11N5O2/c1-9(7(15)13-8(16)14-9)5-12-6-4-10-2-3-11-6/h2-4H,5H2,1H3,(H,11,12)(H2,13,14,15,16). The van der Waals surface area contributed by atoms with Crippen molar-refractivity contribution in [1.82, 2.24) is 20.6 Å². The maximum Gasteiger partial charge on any atom is 0.322 e. The molecule has 7 nitrogen and oxygen atoms in total. The molecule has 1 aliphatic rings. The highest BCUT2D eigenvalue weighted by Gasteiger charge is 2.41. The van der Waals surface area contributed by atoms with Gasteiger partial charge in [0.15, 0.2) is 0 Å². The van der Waals surface area contributed by atoms with Crippen molar-refractivity contribution in [2.24, 2.45) is 0 Å². The van der Waals surface area contributed by atoms with Gasteiger partial charge in [-0.15, -0.1) is 0 Å². The number of rotatable bonds is 3. The molecule has 1 aliphatic heterocycles. The Hall–Kier alpha value is -2.18. The number of hydrogen-bond acceptors (Lipinski definition) is 5. The first kappa shape index (κ1) is 10.3. The van der Waals surface area contributed by atoms with Crippen LogP contribution in [0.5, 0.6) is 0 Å². The largest absolute Gasteiger partial charge is 0.366 e. The Balaban J connectivity index is 2.00. The van der Waals surface area contributed by atoms with E-state index in [0.717, 1.165) is 0 Å². The Morgan fingerprint density at radius 2 is 2.25 bits per heavy atom. The van der Waals surface area contributed by atoms with Crippen LogP contribution in [0.25, 0.3) is 0 Å². The topological polar surface area (TPSA) is 96.0 Å². The van der Waals surface area contributed by atoms with Gasteiger partial charge in [0, 0.05) is 18.9 Å². The summed E-state index contributed by atoms with van der Waals surface area (Å²) in [5, 5.41) is 7.65. The third-order valence-corrected chi connectivity index (χ3v) is 2.30. The SMILES string of the molecule is CC1(CNc2cnccn2)NC(=O)NC1=O. The van der Waals surface area contributed by atoms with Crippen LogP contribution in [0.4, 0.5) is 10.6 Å².